The van der Waals surface area contributed by atoms with E-state index in [0.29, 0.717) is 28.6 Å². The number of ether oxygens (including phenoxy) is 1. The lowest BCUT2D eigenvalue weighted by molar-refractivity contribution is -0.123. The van der Waals surface area contributed by atoms with Gasteiger partial charge in [0.25, 0.3) is 5.91 Å². The Morgan fingerprint density at radius 3 is 2.87 bits per heavy atom. The lowest BCUT2D eigenvalue weighted by Gasteiger charge is -2.10. The van der Waals surface area contributed by atoms with Crippen molar-refractivity contribution >= 4 is 28.4 Å². The third kappa shape index (κ3) is 4.86. The number of aryl methyl sites for hydroxylation is 1. The molecule has 2 N–H and O–H groups in total. The normalized spacial score (nSPS) is 11.3. The Labute approximate surface area is 184 Å². The van der Waals surface area contributed by atoms with Crippen LogP contribution >= 0.6 is 11.6 Å². The third-order valence-electron chi connectivity index (χ3n) is 4.72. The average molecular weight is 439 g/mol. The van der Waals surface area contributed by atoms with Gasteiger partial charge in [-0.1, -0.05) is 17.7 Å². The van der Waals surface area contributed by atoms with E-state index in [1.165, 1.54) is 0 Å². The van der Waals surface area contributed by atoms with Crippen LogP contribution < -0.4 is 10.1 Å². The molecular formula is C22H23ClN6O2. The quantitative estimate of drug-likeness (QED) is 0.460. The van der Waals surface area contributed by atoms with Gasteiger partial charge in [-0.15, -0.1) is 0 Å². The van der Waals surface area contributed by atoms with Gasteiger partial charge in [0, 0.05) is 30.5 Å². The van der Waals surface area contributed by atoms with Gasteiger partial charge in [-0.2, -0.15) is 10.2 Å². The molecule has 9 heteroatoms. The van der Waals surface area contributed by atoms with Crippen LogP contribution in [0.5, 0.6) is 5.75 Å². The van der Waals surface area contributed by atoms with Gasteiger partial charge in [0.05, 0.1) is 16.7 Å². The highest BCUT2D eigenvalue weighted by atomic mass is 35.5. The van der Waals surface area contributed by atoms with Crippen molar-refractivity contribution < 1.29 is 9.53 Å². The lowest BCUT2D eigenvalue weighted by Crippen LogP contribution is -2.34. The zero-order valence-corrected chi connectivity index (χ0v) is 18.3. The van der Waals surface area contributed by atoms with Gasteiger partial charge in [0.1, 0.15) is 11.6 Å². The number of nitrogens with zero attached hydrogens (tertiary/aromatic N) is 4. The number of aromatic amines is 1. The minimum atomic E-state index is -0.181. The smallest absolute Gasteiger partial charge is 0.258 e. The summed E-state index contributed by atoms with van der Waals surface area (Å²) in [7, 11) is 1.86. The maximum Gasteiger partial charge on any atom is 0.258 e. The van der Waals surface area contributed by atoms with Crippen LogP contribution in [0.15, 0.2) is 42.6 Å². The fourth-order valence-corrected chi connectivity index (χ4v) is 3.50. The summed E-state index contributed by atoms with van der Waals surface area (Å²) in [5, 5.41) is 15.8. The van der Waals surface area contributed by atoms with E-state index in [1.807, 2.05) is 33.0 Å². The Balaban J connectivity index is 1.48. The Hall–Kier alpha value is -3.39. The highest BCUT2D eigenvalue weighted by Gasteiger charge is 2.14. The van der Waals surface area contributed by atoms with Gasteiger partial charge in [-0.3, -0.25) is 14.6 Å². The number of fused-ring (bicyclic) bond motifs is 1. The Morgan fingerprint density at radius 1 is 1.26 bits per heavy atom. The molecule has 0 fully saturated rings. The highest BCUT2D eigenvalue weighted by Crippen LogP contribution is 2.29. The van der Waals surface area contributed by atoms with Gasteiger partial charge >= 0.3 is 0 Å². The summed E-state index contributed by atoms with van der Waals surface area (Å²) in [6, 6.07) is 11.4. The number of halogens is 1. The molecule has 0 saturated heterocycles. The molecule has 0 aliphatic carbocycles. The average Bonchev–Trinajstić information content (AvgIpc) is 3.32. The molecule has 4 rings (SSSR count). The first-order valence-electron chi connectivity index (χ1n) is 9.93. The summed E-state index contributed by atoms with van der Waals surface area (Å²) in [5.41, 5.74) is 2.82. The molecule has 2 heterocycles. The second-order valence-corrected chi connectivity index (χ2v) is 8.00. The predicted octanol–water partition coefficient (Wildman–Crippen LogP) is 3.51. The van der Waals surface area contributed by atoms with Gasteiger partial charge < -0.3 is 10.1 Å². The molecule has 2 aromatic carbocycles. The van der Waals surface area contributed by atoms with E-state index in [-0.39, 0.29) is 18.6 Å². The second kappa shape index (κ2) is 8.77. The molecule has 1 amide bonds. The van der Waals surface area contributed by atoms with E-state index in [1.54, 1.807) is 29.1 Å². The molecule has 31 heavy (non-hydrogen) atoms. The zero-order valence-electron chi connectivity index (χ0n) is 17.5. The molecule has 2 aromatic heterocycles. The van der Waals surface area contributed by atoms with Crippen LogP contribution in [0.3, 0.4) is 0 Å². The van der Waals surface area contributed by atoms with Crippen LogP contribution in [0, 0.1) is 0 Å². The molecule has 0 atom stereocenters. The van der Waals surface area contributed by atoms with Crippen LogP contribution in [0.2, 0.25) is 5.02 Å². The van der Waals surface area contributed by atoms with Crippen LogP contribution in [-0.4, -0.2) is 43.5 Å². The minimum Gasteiger partial charge on any atom is -0.484 e. The molecule has 0 unspecified atom stereocenters. The third-order valence-corrected chi connectivity index (χ3v) is 5.03. The first-order chi connectivity index (χ1) is 14.9. The molecule has 0 spiro atoms. The Bertz CT molecular complexity index is 1230. The topological polar surface area (TPSA) is 97.7 Å². The molecule has 0 saturated carbocycles. The monoisotopic (exact) mass is 438 g/mol. The van der Waals surface area contributed by atoms with Crippen LogP contribution in [0.4, 0.5) is 0 Å². The molecule has 0 bridgehead atoms. The zero-order chi connectivity index (χ0) is 22.0. The first kappa shape index (κ1) is 20.9. The van der Waals surface area contributed by atoms with E-state index in [4.69, 9.17) is 16.3 Å². The van der Waals surface area contributed by atoms with Crippen LogP contribution in [0.1, 0.15) is 25.2 Å². The van der Waals surface area contributed by atoms with Gasteiger partial charge in [-0.05, 0) is 49.7 Å². The summed E-state index contributed by atoms with van der Waals surface area (Å²) in [6.45, 7) is 3.72. The highest BCUT2D eigenvalue weighted by molar-refractivity contribution is 6.33. The van der Waals surface area contributed by atoms with Crippen molar-refractivity contribution in [1.29, 1.82) is 0 Å². The van der Waals surface area contributed by atoms with Crippen molar-refractivity contribution in [2.45, 2.75) is 26.3 Å². The Morgan fingerprint density at radius 2 is 2.10 bits per heavy atom. The second-order valence-electron chi connectivity index (χ2n) is 7.60. The summed E-state index contributed by atoms with van der Waals surface area (Å²) < 4.78 is 7.28. The van der Waals surface area contributed by atoms with Crippen LogP contribution in [0.25, 0.3) is 22.3 Å². The number of hydrogen-bond acceptors (Lipinski definition) is 5. The molecule has 0 aliphatic rings. The SMILES string of the molecule is CC(C)NC(=O)COc1ccc(-c2nc(Cc3ccc4[nH]ncc4c3)n(C)n2)c(Cl)c1. The minimum absolute atomic E-state index is 0.0630. The van der Waals surface area contributed by atoms with E-state index < -0.39 is 0 Å². The standard InChI is InChI=1S/C22H23ClN6O2/c1-13(2)25-21(30)12-31-16-5-6-17(18(23)10-16)22-26-20(29(3)28-22)9-14-4-7-19-15(8-14)11-24-27-19/h4-8,10-11,13H,9,12H2,1-3H3,(H,24,27)(H,25,30). The van der Waals surface area contributed by atoms with Crippen LogP contribution in [-0.2, 0) is 18.3 Å². The van der Waals surface area contributed by atoms with E-state index >= 15 is 0 Å². The molecule has 0 aliphatic heterocycles. The van der Waals surface area contributed by atoms with Crippen molar-refractivity contribution in [2.24, 2.45) is 7.05 Å². The number of amides is 1. The number of rotatable bonds is 7. The first-order valence-corrected chi connectivity index (χ1v) is 10.3. The van der Waals surface area contributed by atoms with Crippen molar-refractivity contribution in [3.63, 3.8) is 0 Å². The van der Waals surface area contributed by atoms with Crippen molar-refractivity contribution in [3.05, 3.63) is 59.0 Å². The number of hydrogen-bond donors (Lipinski definition) is 2. The van der Waals surface area contributed by atoms with E-state index in [9.17, 15) is 4.79 Å². The summed E-state index contributed by atoms with van der Waals surface area (Å²) in [6.07, 6.45) is 2.44. The number of H-pyrrole nitrogens is 1. The number of benzene rings is 2. The summed E-state index contributed by atoms with van der Waals surface area (Å²) in [5.74, 6) is 1.69. The van der Waals surface area contributed by atoms with E-state index in [2.05, 4.69) is 31.7 Å². The number of carbonyl (C=O) groups excluding carboxylic acids is 1. The van der Waals surface area contributed by atoms with Crippen molar-refractivity contribution in [2.75, 3.05) is 6.61 Å². The Kier molecular flexibility index (Phi) is 5.90. The van der Waals surface area contributed by atoms with Gasteiger partial charge in [-0.25, -0.2) is 4.98 Å². The fraction of sp³-hybridized carbons (Fsp3) is 0.273. The number of nitrogens with one attached hydrogen (secondary N) is 2. The largest absolute Gasteiger partial charge is 0.484 e. The molecular weight excluding hydrogens is 416 g/mol. The summed E-state index contributed by atoms with van der Waals surface area (Å²) >= 11 is 6.46. The summed E-state index contributed by atoms with van der Waals surface area (Å²) in [4.78, 5) is 16.4. The van der Waals surface area contributed by atoms with E-state index in [0.717, 1.165) is 22.3 Å². The van der Waals surface area contributed by atoms with Crippen molar-refractivity contribution in [1.82, 2.24) is 30.3 Å². The lowest BCUT2D eigenvalue weighted by atomic mass is 10.1. The van der Waals surface area contributed by atoms with Gasteiger partial charge in [0.2, 0.25) is 0 Å². The molecule has 0 radical (unpaired) electrons. The molecule has 4 aromatic rings. The maximum atomic E-state index is 11.8. The maximum absolute atomic E-state index is 11.8. The number of carbonyl (C=O) groups is 1. The molecule has 160 valence electrons. The van der Waals surface area contributed by atoms with Crippen molar-refractivity contribution in [3.8, 4) is 17.1 Å². The number of aromatic nitrogens is 5. The molecule has 8 nitrogen and oxygen atoms in total. The van der Waals surface area contributed by atoms with Gasteiger partial charge in [0.15, 0.2) is 12.4 Å². The predicted molar refractivity (Wildman–Crippen MR) is 119 cm³/mol. The fourth-order valence-electron chi connectivity index (χ4n) is 3.25.